The third-order valence-electron chi connectivity index (χ3n) is 4.20. The second kappa shape index (κ2) is 6.78. The third-order valence-corrected chi connectivity index (χ3v) is 4.20. The Morgan fingerprint density at radius 3 is 2.50 bits per heavy atom. The molecule has 2 rings (SSSR count). The van der Waals surface area contributed by atoms with Crippen LogP contribution in [0.4, 0.5) is 5.69 Å². The van der Waals surface area contributed by atoms with Crippen LogP contribution in [-0.4, -0.2) is 33.4 Å². The number of nitrogens with zero attached hydrogens (tertiary/aromatic N) is 1. The van der Waals surface area contributed by atoms with Crippen molar-refractivity contribution in [2.24, 2.45) is 17.1 Å². The zero-order chi connectivity index (χ0) is 16.3. The fourth-order valence-corrected chi connectivity index (χ4v) is 3.50. The molecule has 0 aliphatic carbocycles. The van der Waals surface area contributed by atoms with E-state index in [2.05, 4.69) is 25.7 Å². The maximum absolute atomic E-state index is 6.32. The van der Waals surface area contributed by atoms with Crippen LogP contribution in [0.5, 0.6) is 11.5 Å². The molecule has 2 unspecified atom stereocenters. The second-order valence-corrected chi connectivity index (χ2v) is 7.57. The van der Waals surface area contributed by atoms with Gasteiger partial charge < -0.3 is 20.1 Å². The fraction of sp³-hybridized carbons (Fsp3) is 0.667. The summed E-state index contributed by atoms with van der Waals surface area (Å²) in [6, 6.07) is 6.15. The van der Waals surface area contributed by atoms with E-state index in [-0.39, 0.29) is 6.04 Å². The summed E-state index contributed by atoms with van der Waals surface area (Å²) in [7, 11) is 3.40. The van der Waals surface area contributed by atoms with E-state index in [0.717, 1.165) is 36.7 Å². The Labute approximate surface area is 134 Å². The number of benzene rings is 1. The molecule has 1 saturated heterocycles. The number of hydrogen-bond donors (Lipinski definition) is 1. The van der Waals surface area contributed by atoms with Gasteiger partial charge in [0.1, 0.15) is 11.5 Å². The molecule has 0 aromatic heterocycles. The quantitative estimate of drug-likeness (QED) is 0.927. The summed E-state index contributed by atoms with van der Waals surface area (Å²) in [5.74, 6) is 2.34. The highest BCUT2D eigenvalue weighted by atomic mass is 16.5. The van der Waals surface area contributed by atoms with Crippen LogP contribution in [0.2, 0.25) is 0 Å². The first-order valence-electron chi connectivity index (χ1n) is 8.05. The van der Waals surface area contributed by atoms with Gasteiger partial charge in [0.15, 0.2) is 0 Å². The molecule has 1 heterocycles. The Bertz CT molecular complexity index is 496. The van der Waals surface area contributed by atoms with Crippen LogP contribution < -0.4 is 20.1 Å². The molecule has 2 atom stereocenters. The molecular weight excluding hydrogens is 276 g/mol. The zero-order valence-corrected chi connectivity index (χ0v) is 14.6. The van der Waals surface area contributed by atoms with Gasteiger partial charge in [0.2, 0.25) is 0 Å². The number of hydrogen-bond acceptors (Lipinski definition) is 4. The van der Waals surface area contributed by atoms with Crippen molar-refractivity contribution in [1.29, 1.82) is 0 Å². The normalized spacial score (nSPS) is 22.5. The van der Waals surface area contributed by atoms with E-state index in [1.807, 2.05) is 18.2 Å². The van der Waals surface area contributed by atoms with Gasteiger partial charge in [0.05, 0.1) is 19.9 Å². The molecule has 1 aromatic rings. The van der Waals surface area contributed by atoms with E-state index in [1.54, 1.807) is 14.2 Å². The van der Waals surface area contributed by atoms with Crippen LogP contribution in [0.15, 0.2) is 18.2 Å². The smallest absolute Gasteiger partial charge is 0.142 e. The minimum absolute atomic E-state index is 0.206. The Hall–Kier alpha value is -1.42. The first-order valence-corrected chi connectivity index (χ1v) is 8.05. The molecular formula is C18H30N2O2. The van der Waals surface area contributed by atoms with E-state index in [1.165, 1.54) is 6.42 Å². The van der Waals surface area contributed by atoms with Gasteiger partial charge in [-0.15, -0.1) is 0 Å². The summed E-state index contributed by atoms with van der Waals surface area (Å²) < 4.78 is 10.9. The lowest BCUT2D eigenvalue weighted by Gasteiger charge is -2.40. The molecule has 0 spiro atoms. The molecule has 0 bridgehead atoms. The minimum atomic E-state index is 0.206. The number of nitrogens with two attached hydrogens (primary N) is 1. The molecule has 1 aliphatic rings. The summed E-state index contributed by atoms with van der Waals surface area (Å²) in [5, 5.41) is 0. The summed E-state index contributed by atoms with van der Waals surface area (Å²) >= 11 is 0. The van der Waals surface area contributed by atoms with Crippen LogP contribution in [0.1, 0.15) is 33.6 Å². The van der Waals surface area contributed by atoms with Crippen molar-refractivity contribution in [3.63, 3.8) is 0 Å². The second-order valence-electron chi connectivity index (χ2n) is 7.57. The lowest BCUT2D eigenvalue weighted by Crippen LogP contribution is -2.48. The first-order chi connectivity index (χ1) is 10.3. The molecule has 4 nitrogen and oxygen atoms in total. The van der Waals surface area contributed by atoms with Gasteiger partial charge in [-0.3, -0.25) is 0 Å². The van der Waals surface area contributed by atoms with E-state index in [0.29, 0.717) is 11.3 Å². The molecule has 0 amide bonds. The lowest BCUT2D eigenvalue weighted by molar-refractivity contribution is 0.252. The Kier molecular flexibility index (Phi) is 5.22. The van der Waals surface area contributed by atoms with Gasteiger partial charge in [0.25, 0.3) is 0 Å². The van der Waals surface area contributed by atoms with E-state index < -0.39 is 0 Å². The summed E-state index contributed by atoms with van der Waals surface area (Å²) in [6.45, 7) is 8.77. The van der Waals surface area contributed by atoms with Gasteiger partial charge >= 0.3 is 0 Å². The predicted octanol–water partition coefficient (Wildman–Crippen LogP) is 3.29. The van der Waals surface area contributed by atoms with E-state index in [4.69, 9.17) is 15.2 Å². The Morgan fingerprint density at radius 1 is 1.18 bits per heavy atom. The first kappa shape index (κ1) is 16.9. The van der Waals surface area contributed by atoms with Gasteiger partial charge in [-0.25, -0.2) is 0 Å². The third kappa shape index (κ3) is 4.29. The van der Waals surface area contributed by atoms with Crippen LogP contribution in [0, 0.1) is 11.3 Å². The van der Waals surface area contributed by atoms with Crippen molar-refractivity contribution >= 4 is 5.69 Å². The van der Waals surface area contributed by atoms with Crippen molar-refractivity contribution in [1.82, 2.24) is 0 Å². The fourth-order valence-electron chi connectivity index (χ4n) is 3.50. The zero-order valence-electron chi connectivity index (χ0n) is 14.6. The average molecular weight is 306 g/mol. The molecule has 4 heteroatoms. The van der Waals surface area contributed by atoms with Crippen molar-refractivity contribution in [2.75, 3.05) is 32.2 Å². The van der Waals surface area contributed by atoms with Gasteiger partial charge in [-0.1, -0.05) is 20.8 Å². The maximum Gasteiger partial charge on any atom is 0.142 e. The van der Waals surface area contributed by atoms with E-state index >= 15 is 0 Å². The van der Waals surface area contributed by atoms with Gasteiger partial charge in [-0.2, -0.15) is 0 Å². The minimum Gasteiger partial charge on any atom is -0.497 e. The van der Waals surface area contributed by atoms with Crippen LogP contribution in [0.25, 0.3) is 0 Å². The highest BCUT2D eigenvalue weighted by Crippen LogP contribution is 2.37. The average Bonchev–Trinajstić information content (AvgIpc) is 2.44. The summed E-state index contributed by atoms with van der Waals surface area (Å²) in [4.78, 5) is 2.35. The molecule has 1 aliphatic heterocycles. The summed E-state index contributed by atoms with van der Waals surface area (Å²) in [6.07, 6.45) is 2.28. The van der Waals surface area contributed by atoms with Crippen LogP contribution >= 0.6 is 0 Å². The predicted molar refractivity (Wildman–Crippen MR) is 91.9 cm³/mol. The van der Waals surface area contributed by atoms with E-state index in [9.17, 15) is 0 Å². The van der Waals surface area contributed by atoms with Gasteiger partial charge in [-0.05, 0) is 36.3 Å². The van der Waals surface area contributed by atoms with Crippen molar-refractivity contribution in [2.45, 2.75) is 39.7 Å². The lowest BCUT2D eigenvalue weighted by atomic mass is 9.80. The SMILES string of the molecule is COc1ccc(OC)c(N2CC(N)CC(CC(C)(C)C)C2)c1. The van der Waals surface area contributed by atoms with Crippen molar-refractivity contribution in [3.05, 3.63) is 18.2 Å². The number of rotatable bonds is 4. The maximum atomic E-state index is 6.32. The highest BCUT2D eigenvalue weighted by molar-refractivity contribution is 5.62. The van der Waals surface area contributed by atoms with Crippen LogP contribution in [-0.2, 0) is 0 Å². The Balaban J connectivity index is 2.23. The van der Waals surface area contributed by atoms with Crippen molar-refractivity contribution in [3.8, 4) is 11.5 Å². The van der Waals surface area contributed by atoms with Crippen LogP contribution in [0.3, 0.4) is 0 Å². The standard InChI is InChI=1S/C18H30N2O2/c1-18(2,3)10-13-8-14(19)12-20(11-13)16-9-15(21-4)6-7-17(16)22-5/h6-7,9,13-14H,8,10-12,19H2,1-5H3. The highest BCUT2D eigenvalue weighted by Gasteiger charge is 2.29. The molecule has 0 radical (unpaired) electrons. The molecule has 0 saturated carbocycles. The van der Waals surface area contributed by atoms with Gasteiger partial charge in [0, 0.05) is 25.2 Å². The molecule has 22 heavy (non-hydrogen) atoms. The molecule has 2 N–H and O–H groups in total. The molecule has 1 fully saturated rings. The molecule has 124 valence electrons. The Morgan fingerprint density at radius 2 is 1.91 bits per heavy atom. The number of ether oxygens (including phenoxy) is 2. The summed E-state index contributed by atoms with van der Waals surface area (Å²) in [5.41, 5.74) is 7.72. The number of anilines is 1. The van der Waals surface area contributed by atoms with Crippen molar-refractivity contribution < 1.29 is 9.47 Å². The number of methoxy groups -OCH3 is 2. The monoisotopic (exact) mass is 306 g/mol. The number of piperidine rings is 1. The molecule has 1 aromatic carbocycles. The topological polar surface area (TPSA) is 47.7 Å². The largest absolute Gasteiger partial charge is 0.497 e.